The average molecular weight is 290 g/mol. The predicted octanol–water partition coefficient (Wildman–Crippen LogP) is 2.08. The van der Waals surface area contributed by atoms with Crippen LogP contribution in [0.3, 0.4) is 0 Å². The van der Waals surface area contributed by atoms with Gasteiger partial charge in [0.1, 0.15) is 6.04 Å². The van der Waals surface area contributed by atoms with Gasteiger partial charge in [0.2, 0.25) is 5.91 Å². The van der Waals surface area contributed by atoms with Crippen molar-refractivity contribution in [3.8, 4) is 0 Å². The molecule has 1 amide bonds. The highest BCUT2D eigenvalue weighted by Crippen LogP contribution is 2.27. The molecule has 0 unspecified atom stereocenters. The fraction of sp³-hybridized carbons (Fsp3) is 0.500. The molecular formula is C16H22N2O3. The average Bonchev–Trinajstić information content (AvgIpc) is 2.36. The summed E-state index contributed by atoms with van der Waals surface area (Å²) in [5.41, 5.74) is 3.19. The summed E-state index contributed by atoms with van der Waals surface area (Å²) in [4.78, 5) is 22.9. The zero-order valence-electron chi connectivity index (χ0n) is 12.6. The summed E-state index contributed by atoms with van der Waals surface area (Å²) < 4.78 is 0. The van der Waals surface area contributed by atoms with Gasteiger partial charge in [0.15, 0.2) is 0 Å². The standard InChI is InChI=1S/C16H22N2O3/c1-9-5-4-6-10(2)14(9)17-11(3)15(19)18-13-7-12(8-13)16(20)21/h4-6,11-13,17H,7-8H2,1-3H3,(H,18,19)(H,20,21)/t11-,12?,13?/m0/s1. The number of aryl methyl sites for hydroxylation is 2. The van der Waals surface area contributed by atoms with E-state index in [1.54, 1.807) is 0 Å². The first kappa shape index (κ1) is 15.4. The Morgan fingerprint density at radius 3 is 2.33 bits per heavy atom. The van der Waals surface area contributed by atoms with Crippen molar-refractivity contribution in [2.75, 3.05) is 5.32 Å². The van der Waals surface area contributed by atoms with Crippen molar-refractivity contribution in [2.24, 2.45) is 5.92 Å². The van der Waals surface area contributed by atoms with Crippen LogP contribution in [0.2, 0.25) is 0 Å². The predicted molar refractivity (Wildman–Crippen MR) is 81.3 cm³/mol. The van der Waals surface area contributed by atoms with E-state index in [0.29, 0.717) is 12.8 Å². The van der Waals surface area contributed by atoms with Gasteiger partial charge in [0, 0.05) is 11.7 Å². The molecule has 1 aliphatic rings. The van der Waals surface area contributed by atoms with Crippen LogP contribution in [-0.2, 0) is 9.59 Å². The fourth-order valence-corrected chi connectivity index (χ4v) is 2.59. The normalized spacial score (nSPS) is 22.0. The Morgan fingerprint density at radius 1 is 1.24 bits per heavy atom. The molecule has 21 heavy (non-hydrogen) atoms. The number of hydrogen-bond acceptors (Lipinski definition) is 3. The first-order chi connectivity index (χ1) is 9.88. The third-order valence-corrected chi connectivity index (χ3v) is 4.07. The van der Waals surface area contributed by atoms with Gasteiger partial charge in [-0.2, -0.15) is 0 Å². The molecule has 0 spiro atoms. The monoisotopic (exact) mass is 290 g/mol. The first-order valence-corrected chi connectivity index (χ1v) is 7.24. The van der Waals surface area contributed by atoms with E-state index in [2.05, 4.69) is 10.6 Å². The molecule has 2 rings (SSSR count). The van der Waals surface area contributed by atoms with Crippen molar-refractivity contribution in [2.45, 2.75) is 45.7 Å². The van der Waals surface area contributed by atoms with E-state index in [0.717, 1.165) is 16.8 Å². The summed E-state index contributed by atoms with van der Waals surface area (Å²) in [5.74, 6) is -1.18. The number of para-hydroxylation sites is 1. The van der Waals surface area contributed by atoms with Gasteiger partial charge < -0.3 is 15.7 Å². The third-order valence-electron chi connectivity index (χ3n) is 4.07. The van der Waals surface area contributed by atoms with E-state index in [-0.39, 0.29) is 23.9 Å². The van der Waals surface area contributed by atoms with Crippen LogP contribution in [0.4, 0.5) is 5.69 Å². The molecule has 5 heteroatoms. The van der Waals surface area contributed by atoms with Crippen molar-refractivity contribution in [3.05, 3.63) is 29.3 Å². The zero-order chi connectivity index (χ0) is 15.6. The Kier molecular flexibility index (Phi) is 4.50. The van der Waals surface area contributed by atoms with Gasteiger partial charge in [0.05, 0.1) is 5.92 Å². The van der Waals surface area contributed by atoms with Gasteiger partial charge >= 0.3 is 5.97 Å². The van der Waals surface area contributed by atoms with Crippen LogP contribution in [0.25, 0.3) is 0 Å². The van der Waals surface area contributed by atoms with Crippen LogP contribution in [0.15, 0.2) is 18.2 Å². The second-order valence-corrected chi connectivity index (χ2v) is 5.84. The van der Waals surface area contributed by atoms with Crippen molar-refractivity contribution in [1.29, 1.82) is 0 Å². The number of carboxylic acid groups (broad SMARTS) is 1. The maximum Gasteiger partial charge on any atom is 0.306 e. The minimum Gasteiger partial charge on any atom is -0.481 e. The van der Waals surface area contributed by atoms with E-state index in [1.165, 1.54) is 0 Å². The lowest BCUT2D eigenvalue weighted by molar-refractivity contribution is -0.146. The molecule has 3 N–H and O–H groups in total. The molecule has 114 valence electrons. The molecule has 1 aliphatic carbocycles. The van der Waals surface area contributed by atoms with E-state index < -0.39 is 5.97 Å². The summed E-state index contributed by atoms with van der Waals surface area (Å²) in [6, 6.07) is 5.63. The van der Waals surface area contributed by atoms with Gasteiger partial charge in [0.25, 0.3) is 0 Å². The number of anilines is 1. The molecule has 0 aliphatic heterocycles. The Hall–Kier alpha value is -2.04. The Morgan fingerprint density at radius 2 is 1.81 bits per heavy atom. The molecule has 1 aromatic carbocycles. The topological polar surface area (TPSA) is 78.4 Å². The fourth-order valence-electron chi connectivity index (χ4n) is 2.59. The lowest BCUT2D eigenvalue weighted by Crippen LogP contribution is -2.50. The quantitative estimate of drug-likeness (QED) is 0.776. The first-order valence-electron chi connectivity index (χ1n) is 7.24. The number of carbonyl (C=O) groups is 2. The molecule has 5 nitrogen and oxygen atoms in total. The van der Waals surface area contributed by atoms with Gasteiger partial charge in [-0.05, 0) is 44.7 Å². The van der Waals surface area contributed by atoms with Crippen molar-refractivity contribution >= 4 is 17.6 Å². The highest BCUT2D eigenvalue weighted by Gasteiger charge is 2.35. The number of benzene rings is 1. The molecule has 1 saturated carbocycles. The van der Waals surface area contributed by atoms with E-state index in [4.69, 9.17) is 5.11 Å². The Balaban J connectivity index is 1.88. The van der Waals surface area contributed by atoms with E-state index in [1.807, 2.05) is 39.0 Å². The lowest BCUT2D eigenvalue weighted by atomic mass is 9.80. The van der Waals surface area contributed by atoms with Gasteiger partial charge in [-0.1, -0.05) is 18.2 Å². The van der Waals surface area contributed by atoms with E-state index >= 15 is 0 Å². The van der Waals surface area contributed by atoms with E-state index in [9.17, 15) is 9.59 Å². The largest absolute Gasteiger partial charge is 0.481 e. The SMILES string of the molecule is Cc1cccc(C)c1N[C@@H](C)C(=O)NC1CC(C(=O)O)C1. The number of rotatable bonds is 5. The highest BCUT2D eigenvalue weighted by atomic mass is 16.4. The highest BCUT2D eigenvalue weighted by molar-refractivity contribution is 5.85. The summed E-state index contributed by atoms with van der Waals surface area (Å²) in [7, 11) is 0. The van der Waals surface area contributed by atoms with Gasteiger partial charge in [-0.3, -0.25) is 9.59 Å². The summed E-state index contributed by atoms with van der Waals surface area (Å²) in [5, 5.41) is 15.0. The molecular weight excluding hydrogens is 268 g/mol. The number of hydrogen-bond donors (Lipinski definition) is 3. The molecule has 1 atom stereocenters. The zero-order valence-corrected chi connectivity index (χ0v) is 12.6. The number of amides is 1. The van der Waals surface area contributed by atoms with Gasteiger partial charge in [-0.15, -0.1) is 0 Å². The van der Waals surface area contributed by atoms with Crippen LogP contribution in [-0.4, -0.2) is 29.1 Å². The summed E-state index contributed by atoms with van der Waals surface area (Å²) in [6.07, 6.45) is 1.05. The molecule has 0 radical (unpaired) electrons. The lowest BCUT2D eigenvalue weighted by Gasteiger charge is -2.33. The minimum absolute atomic E-state index is 0.0131. The smallest absolute Gasteiger partial charge is 0.306 e. The second-order valence-electron chi connectivity index (χ2n) is 5.84. The Labute approximate surface area is 124 Å². The molecule has 1 fully saturated rings. The second kappa shape index (κ2) is 6.16. The minimum atomic E-state index is -0.776. The summed E-state index contributed by atoms with van der Waals surface area (Å²) >= 11 is 0. The van der Waals surface area contributed by atoms with Crippen LogP contribution < -0.4 is 10.6 Å². The molecule has 0 aromatic heterocycles. The maximum atomic E-state index is 12.1. The van der Waals surface area contributed by atoms with Crippen LogP contribution in [0.5, 0.6) is 0 Å². The van der Waals surface area contributed by atoms with Crippen molar-refractivity contribution in [3.63, 3.8) is 0 Å². The van der Waals surface area contributed by atoms with Crippen LogP contribution >= 0.6 is 0 Å². The molecule has 0 heterocycles. The molecule has 1 aromatic rings. The van der Waals surface area contributed by atoms with Gasteiger partial charge in [-0.25, -0.2) is 0 Å². The van der Waals surface area contributed by atoms with Crippen molar-refractivity contribution < 1.29 is 14.7 Å². The molecule has 0 saturated heterocycles. The third kappa shape index (κ3) is 3.54. The Bertz CT molecular complexity index is 530. The van der Waals surface area contributed by atoms with Crippen molar-refractivity contribution in [1.82, 2.24) is 5.32 Å². The van der Waals surface area contributed by atoms with Crippen LogP contribution in [0, 0.1) is 19.8 Å². The summed E-state index contributed by atoms with van der Waals surface area (Å²) in [6.45, 7) is 5.82. The maximum absolute atomic E-state index is 12.1. The number of nitrogens with one attached hydrogen (secondary N) is 2. The number of carboxylic acids is 1. The molecule has 0 bridgehead atoms. The number of aliphatic carboxylic acids is 1. The van der Waals surface area contributed by atoms with Crippen LogP contribution in [0.1, 0.15) is 30.9 Å². The number of carbonyl (C=O) groups excluding carboxylic acids is 1.